The predicted molar refractivity (Wildman–Crippen MR) is 76.8 cm³/mol. The van der Waals surface area contributed by atoms with E-state index >= 15 is 0 Å². The number of amides is 2. The Kier molecular flexibility index (Phi) is 4.74. The van der Waals surface area contributed by atoms with Crippen LogP contribution in [0.3, 0.4) is 0 Å². The first-order chi connectivity index (χ1) is 9.69. The summed E-state index contributed by atoms with van der Waals surface area (Å²) < 4.78 is 5.07. The predicted octanol–water partition coefficient (Wildman–Crippen LogP) is 1.58. The topological polar surface area (TPSA) is 58.6 Å². The number of nitrogens with zero attached hydrogens (tertiary/aromatic N) is 1. The first kappa shape index (κ1) is 14.5. The molecule has 5 heteroatoms. The summed E-state index contributed by atoms with van der Waals surface area (Å²) in [6.45, 7) is 2.88. The van der Waals surface area contributed by atoms with Crippen molar-refractivity contribution in [2.24, 2.45) is 0 Å². The third kappa shape index (κ3) is 2.82. The molecule has 1 aromatic rings. The van der Waals surface area contributed by atoms with Crippen molar-refractivity contribution in [2.75, 3.05) is 25.2 Å². The van der Waals surface area contributed by atoms with Crippen LogP contribution in [0.2, 0.25) is 0 Å². The van der Waals surface area contributed by atoms with E-state index in [1.165, 1.54) is 0 Å². The standard InChI is InChI=1S/C15H20N2O3/c1-3-6-12-15(19)17(9-10-20-2)13-8-5-4-7-11(13)14(18)16-12/h4-5,7-8,12H,3,6,9-10H2,1-2H3,(H,16,18). The maximum absolute atomic E-state index is 12.6. The highest BCUT2D eigenvalue weighted by Gasteiger charge is 2.32. The molecule has 108 valence electrons. The molecule has 1 unspecified atom stereocenters. The lowest BCUT2D eigenvalue weighted by molar-refractivity contribution is -0.120. The van der Waals surface area contributed by atoms with Gasteiger partial charge in [0.25, 0.3) is 5.91 Å². The third-order valence-electron chi connectivity index (χ3n) is 3.41. The smallest absolute Gasteiger partial charge is 0.254 e. The van der Waals surface area contributed by atoms with E-state index in [4.69, 9.17) is 4.74 Å². The number of carbonyl (C=O) groups excluding carboxylic acids is 2. The molecule has 1 heterocycles. The van der Waals surface area contributed by atoms with Crippen LogP contribution in [0.1, 0.15) is 30.1 Å². The van der Waals surface area contributed by atoms with Gasteiger partial charge >= 0.3 is 0 Å². The van der Waals surface area contributed by atoms with E-state index in [1.54, 1.807) is 30.2 Å². The number of para-hydroxylation sites is 1. The van der Waals surface area contributed by atoms with E-state index in [1.807, 2.05) is 13.0 Å². The van der Waals surface area contributed by atoms with E-state index < -0.39 is 6.04 Å². The lowest BCUT2D eigenvalue weighted by Crippen LogP contribution is -2.46. The van der Waals surface area contributed by atoms with Crippen LogP contribution in [-0.2, 0) is 9.53 Å². The number of methoxy groups -OCH3 is 1. The molecule has 2 amide bonds. The molecule has 0 spiro atoms. The highest BCUT2D eigenvalue weighted by atomic mass is 16.5. The number of anilines is 1. The minimum Gasteiger partial charge on any atom is -0.383 e. The molecule has 1 aliphatic rings. The molecular weight excluding hydrogens is 256 g/mol. The molecule has 5 nitrogen and oxygen atoms in total. The molecule has 2 rings (SSSR count). The number of carbonyl (C=O) groups is 2. The van der Waals surface area contributed by atoms with Crippen molar-refractivity contribution in [3.05, 3.63) is 29.8 Å². The number of nitrogens with one attached hydrogen (secondary N) is 1. The fourth-order valence-electron chi connectivity index (χ4n) is 2.40. The maximum Gasteiger partial charge on any atom is 0.254 e. The van der Waals surface area contributed by atoms with Gasteiger partial charge in [0.15, 0.2) is 0 Å². The Bertz CT molecular complexity index is 502. The van der Waals surface area contributed by atoms with E-state index in [-0.39, 0.29) is 11.8 Å². The Balaban J connectivity index is 2.39. The lowest BCUT2D eigenvalue weighted by atomic mass is 10.1. The average molecular weight is 276 g/mol. The zero-order chi connectivity index (χ0) is 14.5. The Morgan fingerprint density at radius 2 is 2.05 bits per heavy atom. The Morgan fingerprint density at radius 1 is 1.30 bits per heavy atom. The molecular formula is C15H20N2O3. The van der Waals surface area contributed by atoms with Gasteiger partial charge in [-0.2, -0.15) is 0 Å². The summed E-state index contributed by atoms with van der Waals surface area (Å²) in [5.41, 5.74) is 1.20. The summed E-state index contributed by atoms with van der Waals surface area (Å²) in [5.74, 6) is -0.255. The number of benzene rings is 1. The van der Waals surface area contributed by atoms with Gasteiger partial charge in [0.1, 0.15) is 6.04 Å². The molecule has 0 radical (unpaired) electrons. The Labute approximate surface area is 118 Å². The van der Waals surface area contributed by atoms with Crippen LogP contribution < -0.4 is 10.2 Å². The summed E-state index contributed by atoms with van der Waals surface area (Å²) >= 11 is 0. The highest BCUT2D eigenvalue weighted by Crippen LogP contribution is 2.24. The van der Waals surface area contributed by atoms with E-state index in [0.29, 0.717) is 30.8 Å². The molecule has 0 saturated carbocycles. The second-order valence-electron chi connectivity index (χ2n) is 4.81. The van der Waals surface area contributed by atoms with Crippen LogP contribution in [0, 0.1) is 0 Å². The molecule has 1 N–H and O–H groups in total. The number of hydrogen-bond acceptors (Lipinski definition) is 3. The van der Waals surface area contributed by atoms with Crippen molar-refractivity contribution >= 4 is 17.5 Å². The van der Waals surface area contributed by atoms with E-state index in [2.05, 4.69) is 5.32 Å². The molecule has 20 heavy (non-hydrogen) atoms. The molecule has 1 atom stereocenters. The average Bonchev–Trinajstić information content (AvgIpc) is 2.55. The maximum atomic E-state index is 12.6. The van der Waals surface area contributed by atoms with Gasteiger partial charge in [-0.05, 0) is 18.6 Å². The van der Waals surface area contributed by atoms with Crippen molar-refractivity contribution in [1.82, 2.24) is 5.32 Å². The summed E-state index contributed by atoms with van der Waals surface area (Å²) in [6.07, 6.45) is 1.48. The third-order valence-corrected chi connectivity index (χ3v) is 3.41. The summed E-state index contributed by atoms with van der Waals surface area (Å²) in [6, 6.07) is 6.72. The first-order valence-electron chi connectivity index (χ1n) is 6.89. The Hall–Kier alpha value is -1.88. The largest absolute Gasteiger partial charge is 0.383 e. The normalized spacial score (nSPS) is 18.5. The van der Waals surface area contributed by atoms with E-state index in [0.717, 1.165) is 6.42 Å². The van der Waals surface area contributed by atoms with Crippen LogP contribution in [0.15, 0.2) is 24.3 Å². The van der Waals surface area contributed by atoms with E-state index in [9.17, 15) is 9.59 Å². The number of rotatable bonds is 5. The second-order valence-corrected chi connectivity index (χ2v) is 4.81. The van der Waals surface area contributed by atoms with Crippen LogP contribution in [0.4, 0.5) is 5.69 Å². The zero-order valence-corrected chi connectivity index (χ0v) is 11.9. The van der Waals surface area contributed by atoms with Gasteiger partial charge in [-0.3, -0.25) is 9.59 Å². The summed E-state index contributed by atoms with van der Waals surface area (Å²) in [4.78, 5) is 26.5. The SMILES string of the molecule is CCCC1NC(=O)c2ccccc2N(CCOC)C1=O. The molecule has 0 bridgehead atoms. The Morgan fingerprint density at radius 3 is 2.75 bits per heavy atom. The van der Waals surface area contributed by atoms with Crippen LogP contribution >= 0.6 is 0 Å². The summed E-state index contributed by atoms with van der Waals surface area (Å²) in [5, 5.41) is 2.82. The molecule has 0 aliphatic carbocycles. The van der Waals surface area contributed by atoms with Gasteiger partial charge in [-0.15, -0.1) is 0 Å². The molecule has 0 fully saturated rings. The van der Waals surface area contributed by atoms with Crippen molar-refractivity contribution < 1.29 is 14.3 Å². The van der Waals surface area contributed by atoms with Gasteiger partial charge in [0, 0.05) is 13.7 Å². The zero-order valence-electron chi connectivity index (χ0n) is 11.9. The highest BCUT2D eigenvalue weighted by molar-refractivity contribution is 6.10. The molecule has 0 aromatic heterocycles. The monoisotopic (exact) mass is 276 g/mol. The van der Waals surface area contributed by atoms with Gasteiger partial charge in [0.05, 0.1) is 17.9 Å². The molecule has 1 aromatic carbocycles. The van der Waals surface area contributed by atoms with Gasteiger partial charge in [0.2, 0.25) is 5.91 Å². The number of hydrogen-bond donors (Lipinski definition) is 1. The van der Waals surface area contributed by atoms with Crippen molar-refractivity contribution in [3.8, 4) is 0 Å². The number of fused-ring (bicyclic) bond motifs is 1. The number of ether oxygens (including phenoxy) is 1. The molecule has 0 saturated heterocycles. The lowest BCUT2D eigenvalue weighted by Gasteiger charge is -2.24. The minimum absolute atomic E-state index is 0.0674. The summed E-state index contributed by atoms with van der Waals surface area (Å²) in [7, 11) is 1.60. The molecule has 1 aliphatic heterocycles. The fraction of sp³-hybridized carbons (Fsp3) is 0.467. The van der Waals surface area contributed by atoms with Gasteiger partial charge in [-0.1, -0.05) is 25.5 Å². The van der Waals surface area contributed by atoms with Crippen LogP contribution in [0.25, 0.3) is 0 Å². The fourth-order valence-corrected chi connectivity index (χ4v) is 2.40. The van der Waals surface area contributed by atoms with Crippen LogP contribution in [-0.4, -0.2) is 38.1 Å². The van der Waals surface area contributed by atoms with Gasteiger partial charge in [-0.25, -0.2) is 0 Å². The van der Waals surface area contributed by atoms with Crippen molar-refractivity contribution in [2.45, 2.75) is 25.8 Å². The first-order valence-corrected chi connectivity index (χ1v) is 6.89. The van der Waals surface area contributed by atoms with Gasteiger partial charge < -0.3 is 15.0 Å². The minimum atomic E-state index is -0.461. The van der Waals surface area contributed by atoms with Crippen molar-refractivity contribution in [3.63, 3.8) is 0 Å². The van der Waals surface area contributed by atoms with Crippen molar-refractivity contribution in [1.29, 1.82) is 0 Å². The second kappa shape index (κ2) is 6.52. The van der Waals surface area contributed by atoms with Crippen LogP contribution in [0.5, 0.6) is 0 Å². The quantitative estimate of drug-likeness (QED) is 0.888.